The number of nitrogens with two attached hydrogens (primary N) is 1. The average Bonchev–Trinajstić information content (AvgIpc) is 2.65. The second-order valence-electron chi connectivity index (χ2n) is 4.41. The Bertz CT molecular complexity index is 434. The number of nitrogens with zero attached hydrogens (tertiary/aromatic N) is 2. The van der Waals surface area contributed by atoms with Crippen LogP contribution < -0.4 is 10.5 Å². The van der Waals surface area contributed by atoms with E-state index in [9.17, 15) is 0 Å². The van der Waals surface area contributed by atoms with Gasteiger partial charge in [-0.1, -0.05) is 6.92 Å². The SMILES string of the molecule is CC[C@H](C)n1c(C#N)cc(N)c1O[C@H](C)COC. The Morgan fingerprint density at radius 2 is 2.17 bits per heavy atom. The van der Waals surface area contributed by atoms with Crippen molar-refractivity contribution in [3.8, 4) is 11.9 Å². The molecule has 5 heteroatoms. The van der Waals surface area contributed by atoms with Crippen molar-refractivity contribution in [2.45, 2.75) is 39.3 Å². The summed E-state index contributed by atoms with van der Waals surface area (Å²) in [6.45, 7) is 6.48. The van der Waals surface area contributed by atoms with Gasteiger partial charge in [0.2, 0.25) is 5.88 Å². The third kappa shape index (κ3) is 2.96. The summed E-state index contributed by atoms with van der Waals surface area (Å²) in [4.78, 5) is 0. The van der Waals surface area contributed by atoms with Gasteiger partial charge in [0.1, 0.15) is 17.9 Å². The number of hydrogen-bond donors (Lipinski definition) is 1. The fraction of sp³-hybridized carbons (Fsp3) is 0.615. The number of anilines is 1. The Morgan fingerprint density at radius 3 is 2.67 bits per heavy atom. The lowest BCUT2D eigenvalue weighted by molar-refractivity contribution is 0.0855. The molecule has 0 aliphatic carbocycles. The molecule has 0 amide bonds. The van der Waals surface area contributed by atoms with Crippen molar-refractivity contribution in [3.05, 3.63) is 11.8 Å². The van der Waals surface area contributed by atoms with Crippen LogP contribution >= 0.6 is 0 Å². The fourth-order valence-corrected chi connectivity index (χ4v) is 1.82. The smallest absolute Gasteiger partial charge is 0.219 e. The van der Waals surface area contributed by atoms with E-state index in [0.29, 0.717) is 23.9 Å². The molecule has 2 atom stereocenters. The zero-order valence-electron chi connectivity index (χ0n) is 11.4. The zero-order chi connectivity index (χ0) is 13.7. The molecule has 0 saturated carbocycles. The van der Waals surface area contributed by atoms with Gasteiger partial charge < -0.3 is 15.2 Å². The van der Waals surface area contributed by atoms with E-state index < -0.39 is 0 Å². The van der Waals surface area contributed by atoms with E-state index >= 15 is 0 Å². The molecule has 18 heavy (non-hydrogen) atoms. The van der Waals surface area contributed by atoms with Gasteiger partial charge in [-0.25, -0.2) is 0 Å². The van der Waals surface area contributed by atoms with Crippen LogP contribution in [0.25, 0.3) is 0 Å². The van der Waals surface area contributed by atoms with Crippen LogP contribution in [-0.2, 0) is 4.74 Å². The van der Waals surface area contributed by atoms with Crippen molar-refractivity contribution in [3.63, 3.8) is 0 Å². The number of ether oxygens (including phenoxy) is 2. The fourth-order valence-electron chi connectivity index (χ4n) is 1.82. The van der Waals surface area contributed by atoms with Gasteiger partial charge in [0, 0.05) is 19.2 Å². The molecule has 100 valence electrons. The van der Waals surface area contributed by atoms with Crippen molar-refractivity contribution in [1.82, 2.24) is 4.57 Å². The minimum atomic E-state index is -0.110. The van der Waals surface area contributed by atoms with Crippen LogP contribution in [0.15, 0.2) is 6.07 Å². The number of methoxy groups -OCH3 is 1. The van der Waals surface area contributed by atoms with Crippen LogP contribution in [0.2, 0.25) is 0 Å². The molecule has 1 aromatic heterocycles. The summed E-state index contributed by atoms with van der Waals surface area (Å²) < 4.78 is 12.7. The second-order valence-corrected chi connectivity index (χ2v) is 4.41. The Labute approximate surface area is 108 Å². The summed E-state index contributed by atoms with van der Waals surface area (Å²) in [5.74, 6) is 0.561. The largest absolute Gasteiger partial charge is 0.472 e. The molecular weight excluding hydrogens is 230 g/mol. The molecule has 0 aromatic carbocycles. The van der Waals surface area contributed by atoms with Crippen molar-refractivity contribution < 1.29 is 9.47 Å². The van der Waals surface area contributed by atoms with E-state index in [4.69, 9.17) is 20.5 Å². The molecule has 2 N–H and O–H groups in total. The van der Waals surface area contributed by atoms with Crippen molar-refractivity contribution >= 4 is 5.69 Å². The molecule has 5 nitrogen and oxygen atoms in total. The monoisotopic (exact) mass is 251 g/mol. The van der Waals surface area contributed by atoms with E-state index in [2.05, 4.69) is 13.0 Å². The number of hydrogen-bond acceptors (Lipinski definition) is 4. The van der Waals surface area contributed by atoms with Gasteiger partial charge >= 0.3 is 0 Å². The van der Waals surface area contributed by atoms with Crippen LogP contribution in [0.5, 0.6) is 5.88 Å². The highest BCUT2D eigenvalue weighted by molar-refractivity contribution is 5.55. The van der Waals surface area contributed by atoms with Gasteiger partial charge in [-0.05, 0) is 20.3 Å². The minimum absolute atomic E-state index is 0.110. The third-order valence-electron chi connectivity index (χ3n) is 2.88. The first kappa shape index (κ1) is 14.4. The summed E-state index contributed by atoms with van der Waals surface area (Å²) in [6.07, 6.45) is 0.791. The maximum Gasteiger partial charge on any atom is 0.219 e. The van der Waals surface area contributed by atoms with Crippen molar-refractivity contribution in [2.75, 3.05) is 19.5 Å². The normalized spacial score (nSPS) is 13.9. The molecule has 0 radical (unpaired) electrons. The molecule has 0 unspecified atom stereocenters. The molecule has 0 saturated heterocycles. The molecule has 0 bridgehead atoms. The topological polar surface area (TPSA) is 73.2 Å². The Morgan fingerprint density at radius 1 is 1.50 bits per heavy atom. The third-order valence-corrected chi connectivity index (χ3v) is 2.88. The first-order valence-electron chi connectivity index (χ1n) is 6.11. The molecule has 0 spiro atoms. The van der Waals surface area contributed by atoms with Gasteiger partial charge in [-0.3, -0.25) is 4.57 Å². The molecular formula is C13H21N3O2. The first-order valence-corrected chi connectivity index (χ1v) is 6.11. The molecule has 0 aliphatic rings. The van der Waals surface area contributed by atoms with Gasteiger partial charge in [0.15, 0.2) is 0 Å². The van der Waals surface area contributed by atoms with E-state index in [1.165, 1.54) is 0 Å². The van der Waals surface area contributed by atoms with E-state index in [-0.39, 0.29) is 12.1 Å². The van der Waals surface area contributed by atoms with Crippen LogP contribution in [0, 0.1) is 11.3 Å². The maximum absolute atomic E-state index is 9.13. The van der Waals surface area contributed by atoms with Gasteiger partial charge in [-0.15, -0.1) is 0 Å². The summed E-state index contributed by atoms with van der Waals surface area (Å²) >= 11 is 0. The van der Waals surface area contributed by atoms with Crippen LogP contribution in [0.3, 0.4) is 0 Å². The average molecular weight is 251 g/mol. The van der Waals surface area contributed by atoms with Crippen LogP contribution in [0.4, 0.5) is 5.69 Å². The molecule has 1 rings (SSSR count). The Kier molecular flexibility index (Phi) is 5.05. The van der Waals surface area contributed by atoms with Gasteiger partial charge in [0.05, 0.1) is 12.3 Å². The number of nitriles is 1. The predicted molar refractivity (Wildman–Crippen MR) is 70.5 cm³/mol. The van der Waals surface area contributed by atoms with Crippen LogP contribution in [-0.4, -0.2) is 24.4 Å². The summed E-state index contributed by atoms with van der Waals surface area (Å²) in [7, 11) is 1.62. The molecule has 0 fully saturated rings. The standard InChI is InChI=1S/C13H21N3O2/c1-5-9(2)16-11(7-14)6-12(15)13(16)18-10(3)8-17-4/h6,9-10H,5,8,15H2,1-4H3/t9-,10+/m0/s1. The lowest BCUT2D eigenvalue weighted by atomic mass is 10.2. The van der Waals surface area contributed by atoms with Gasteiger partial charge in [0.25, 0.3) is 0 Å². The molecule has 1 heterocycles. The minimum Gasteiger partial charge on any atom is -0.472 e. The lowest BCUT2D eigenvalue weighted by Gasteiger charge is -2.20. The van der Waals surface area contributed by atoms with Crippen molar-refractivity contribution in [2.24, 2.45) is 0 Å². The number of nitrogen functional groups attached to an aromatic ring is 1. The predicted octanol–water partition coefficient (Wildman–Crippen LogP) is 2.33. The summed E-state index contributed by atoms with van der Waals surface area (Å²) in [6, 6.07) is 3.97. The zero-order valence-corrected chi connectivity index (χ0v) is 11.4. The highest BCUT2D eigenvalue weighted by Crippen LogP contribution is 2.32. The molecule has 1 aromatic rings. The van der Waals surface area contributed by atoms with Gasteiger partial charge in [-0.2, -0.15) is 5.26 Å². The number of rotatable bonds is 6. The second kappa shape index (κ2) is 6.31. The van der Waals surface area contributed by atoms with E-state index in [1.54, 1.807) is 13.2 Å². The van der Waals surface area contributed by atoms with E-state index in [1.807, 2.05) is 18.4 Å². The highest BCUT2D eigenvalue weighted by Gasteiger charge is 2.20. The Balaban J connectivity index is 3.09. The first-order chi connectivity index (χ1) is 8.54. The molecule has 0 aliphatic heterocycles. The summed E-state index contributed by atoms with van der Waals surface area (Å²) in [5.41, 5.74) is 6.94. The van der Waals surface area contributed by atoms with Crippen molar-refractivity contribution in [1.29, 1.82) is 5.26 Å². The maximum atomic E-state index is 9.13. The summed E-state index contributed by atoms with van der Waals surface area (Å²) in [5, 5.41) is 9.13. The number of aromatic nitrogens is 1. The van der Waals surface area contributed by atoms with Crippen LogP contribution in [0.1, 0.15) is 38.9 Å². The Hall–Kier alpha value is -1.67. The quantitative estimate of drug-likeness (QED) is 0.842. The highest BCUT2D eigenvalue weighted by atomic mass is 16.5. The lowest BCUT2D eigenvalue weighted by Crippen LogP contribution is -2.21. The van der Waals surface area contributed by atoms with E-state index in [0.717, 1.165) is 6.42 Å².